The van der Waals surface area contributed by atoms with E-state index in [0.29, 0.717) is 0 Å². The van der Waals surface area contributed by atoms with Crippen LogP contribution in [0.4, 0.5) is 0 Å². The lowest BCUT2D eigenvalue weighted by atomic mass is 10.4. The van der Waals surface area contributed by atoms with Gasteiger partial charge >= 0.3 is 7.75 Å². The van der Waals surface area contributed by atoms with Crippen molar-refractivity contribution in [1.82, 2.24) is 5.09 Å². The summed E-state index contributed by atoms with van der Waals surface area (Å²) in [5.74, 6) is -0.142. The van der Waals surface area contributed by atoms with Crippen LogP contribution in [0.15, 0.2) is 12.3 Å². The molecular weight excluding hydrogens is 205 g/mol. The van der Waals surface area contributed by atoms with E-state index >= 15 is 0 Å². The Hall–Kier alpha value is -0.640. The fraction of sp³-hybridized carbons (Fsp3) is 0.625. The molecule has 0 aliphatic heterocycles. The molecule has 0 rings (SSSR count). The van der Waals surface area contributed by atoms with Crippen molar-refractivity contribution in [3.05, 3.63) is 12.3 Å². The number of nitrogens with one attached hydrogen (secondary N) is 1. The van der Waals surface area contributed by atoms with E-state index in [4.69, 9.17) is 9.05 Å². The number of hydrogen-bond donors (Lipinski definition) is 1. The summed E-state index contributed by atoms with van der Waals surface area (Å²) in [7, 11) is -3.26. The topological polar surface area (TPSA) is 64.6 Å². The zero-order valence-corrected chi connectivity index (χ0v) is 9.54. The van der Waals surface area contributed by atoms with E-state index in [1.807, 2.05) is 0 Å². The molecule has 0 aromatic heterocycles. The van der Waals surface area contributed by atoms with Gasteiger partial charge in [-0.15, -0.1) is 0 Å². The maximum atomic E-state index is 11.7. The van der Waals surface area contributed by atoms with Crippen molar-refractivity contribution in [3.8, 4) is 0 Å². The lowest BCUT2D eigenvalue weighted by Crippen LogP contribution is -2.09. The second-order valence-electron chi connectivity index (χ2n) is 2.41. The Bertz CT molecular complexity index is 242. The summed E-state index contributed by atoms with van der Waals surface area (Å²) in [6.45, 7) is 5.37. The van der Waals surface area contributed by atoms with Gasteiger partial charge in [-0.2, -0.15) is 0 Å². The molecule has 0 unspecified atom stereocenters. The van der Waals surface area contributed by atoms with Crippen LogP contribution in [-0.2, 0) is 18.4 Å². The summed E-state index contributed by atoms with van der Waals surface area (Å²) in [6.07, 6.45) is 2.53. The molecule has 6 heteroatoms. The molecule has 1 N–H and O–H groups in total. The predicted octanol–water partition coefficient (Wildman–Crippen LogP) is 1.86. The lowest BCUT2D eigenvalue weighted by Gasteiger charge is -2.15. The van der Waals surface area contributed by atoms with Crippen LogP contribution in [0, 0.1) is 0 Å². The lowest BCUT2D eigenvalue weighted by molar-refractivity contribution is -0.112. The molecule has 0 aliphatic rings. The molecular formula is C8H16NO4P. The molecule has 0 fully saturated rings. The first kappa shape index (κ1) is 13.4. The highest BCUT2D eigenvalue weighted by atomic mass is 31.2. The van der Waals surface area contributed by atoms with Gasteiger partial charge in [-0.1, -0.05) is 0 Å². The minimum atomic E-state index is -3.26. The van der Waals surface area contributed by atoms with Gasteiger partial charge in [0.1, 0.15) is 0 Å². The molecule has 0 bridgehead atoms. The summed E-state index contributed by atoms with van der Waals surface area (Å²) >= 11 is 0. The van der Waals surface area contributed by atoms with Gasteiger partial charge in [0.25, 0.3) is 0 Å². The highest BCUT2D eigenvalue weighted by molar-refractivity contribution is 7.51. The number of rotatable bonds is 7. The van der Waals surface area contributed by atoms with Crippen LogP contribution in [0.25, 0.3) is 0 Å². The summed E-state index contributed by atoms with van der Waals surface area (Å²) in [5, 5.41) is 2.44. The molecule has 82 valence electrons. The van der Waals surface area contributed by atoms with Crippen LogP contribution in [0.1, 0.15) is 20.8 Å². The highest BCUT2D eigenvalue weighted by Crippen LogP contribution is 2.43. The molecule has 0 saturated carbocycles. The Morgan fingerprint density at radius 3 is 2.21 bits per heavy atom. The second kappa shape index (κ2) is 6.76. The van der Waals surface area contributed by atoms with Crippen molar-refractivity contribution in [2.45, 2.75) is 20.8 Å². The summed E-state index contributed by atoms with van der Waals surface area (Å²) in [5.41, 5.74) is 0. The fourth-order valence-electron chi connectivity index (χ4n) is 0.698. The number of carbonyl (C=O) groups excluding carboxylic acids is 1. The normalized spacial score (nSPS) is 11.9. The number of allylic oxidation sites excluding steroid dienone is 1. The Morgan fingerprint density at radius 2 is 1.86 bits per heavy atom. The molecule has 0 aliphatic carbocycles. The van der Waals surface area contributed by atoms with E-state index in [9.17, 15) is 9.36 Å². The maximum Gasteiger partial charge on any atom is 0.432 e. The van der Waals surface area contributed by atoms with Gasteiger partial charge < -0.3 is 0 Å². The molecule has 0 saturated heterocycles. The second-order valence-corrected chi connectivity index (χ2v) is 4.18. The standard InChI is InChI=1S/C8H16NO4P/c1-4-12-14(11,13-5-2)9-7-6-8(3)10/h6-7H,4-5H2,1-3H3,(H,9,11)/b7-6+. The average Bonchev–Trinajstić information content (AvgIpc) is 2.03. The van der Waals surface area contributed by atoms with E-state index in [1.165, 1.54) is 19.2 Å². The maximum absolute atomic E-state index is 11.7. The van der Waals surface area contributed by atoms with E-state index in [-0.39, 0.29) is 19.0 Å². The van der Waals surface area contributed by atoms with Gasteiger partial charge in [0.2, 0.25) is 0 Å². The molecule has 0 heterocycles. The van der Waals surface area contributed by atoms with Gasteiger partial charge in [0.05, 0.1) is 13.2 Å². The quantitative estimate of drug-likeness (QED) is 0.525. The molecule has 0 aromatic carbocycles. The molecule has 0 amide bonds. The van der Waals surface area contributed by atoms with Crippen molar-refractivity contribution in [2.75, 3.05) is 13.2 Å². The van der Waals surface area contributed by atoms with Crippen LogP contribution in [0.5, 0.6) is 0 Å². The Morgan fingerprint density at radius 1 is 1.36 bits per heavy atom. The van der Waals surface area contributed by atoms with Crippen LogP contribution in [0.3, 0.4) is 0 Å². The van der Waals surface area contributed by atoms with Crippen LogP contribution < -0.4 is 5.09 Å². The van der Waals surface area contributed by atoms with E-state index in [0.717, 1.165) is 0 Å². The van der Waals surface area contributed by atoms with Crippen molar-refractivity contribution in [2.24, 2.45) is 0 Å². The Labute approximate surface area is 84.1 Å². The van der Waals surface area contributed by atoms with E-state index in [2.05, 4.69) is 5.09 Å². The highest BCUT2D eigenvalue weighted by Gasteiger charge is 2.20. The van der Waals surface area contributed by atoms with Crippen LogP contribution in [0.2, 0.25) is 0 Å². The molecule has 5 nitrogen and oxygen atoms in total. The third-order valence-electron chi connectivity index (χ3n) is 1.15. The first-order valence-corrected chi connectivity index (χ1v) is 5.92. The van der Waals surface area contributed by atoms with Crippen LogP contribution in [-0.4, -0.2) is 19.0 Å². The Balaban J connectivity index is 4.22. The molecule has 14 heavy (non-hydrogen) atoms. The van der Waals surface area contributed by atoms with Crippen molar-refractivity contribution >= 4 is 13.5 Å². The smallest absolute Gasteiger partial charge is 0.299 e. The van der Waals surface area contributed by atoms with Gasteiger partial charge in [0.15, 0.2) is 5.78 Å². The minimum absolute atomic E-state index is 0.142. The fourth-order valence-corrected chi connectivity index (χ4v) is 1.86. The van der Waals surface area contributed by atoms with Crippen molar-refractivity contribution < 1.29 is 18.4 Å². The predicted molar refractivity (Wildman–Crippen MR) is 53.8 cm³/mol. The van der Waals surface area contributed by atoms with Gasteiger partial charge in [-0.05, 0) is 26.8 Å². The Kier molecular flexibility index (Phi) is 6.45. The summed E-state index contributed by atoms with van der Waals surface area (Å²) in [6, 6.07) is 0. The first-order valence-electron chi connectivity index (χ1n) is 4.38. The molecule has 0 radical (unpaired) electrons. The first-order chi connectivity index (χ1) is 6.54. The molecule has 0 aromatic rings. The summed E-state index contributed by atoms with van der Waals surface area (Å²) in [4.78, 5) is 10.5. The third-order valence-corrected chi connectivity index (χ3v) is 2.81. The van der Waals surface area contributed by atoms with Gasteiger partial charge in [-0.25, -0.2) is 4.57 Å². The minimum Gasteiger partial charge on any atom is -0.299 e. The zero-order valence-electron chi connectivity index (χ0n) is 8.65. The van der Waals surface area contributed by atoms with Crippen molar-refractivity contribution in [1.29, 1.82) is 0 Å². The van der Waals surface area contributed by atoms with Crippen molar-refractivity contribution in [3.63, 3.8) is 0 Å². The summed E-state index contributed by atoms with van der Waals surface area (Å²) < 4.78 is 21.5. The monoisotopic (exact) mass is 221 g/mol. The third kappa shape index (κ3) is 5.91. The average molecular weight is 221 g/mol. The van der Waals surface area contributed by atoms with Gasteiger partial charge in [0, 0.05) is 6.20 Å². The van der Waals surface area contributed by atoms with E-state index in [1.54, 1.807) is 13.8 Å². The largest absolute Gasteiger partial charge is 0.432 e. The van der Waals surface area contributed by atoms with E-state index < -0.39 is 7.75 Å². The molecule has 0 spiro atoms. The van der Waals surface area contributed by atoms with Gasteiger partial charge in [-0.3, -0.25) is 18.9 Å². The molecule has 0 atom stereocenters. The SMILES string of the molecule is CCOP(=O)(N/C=C/C(C)=O)OCC. The zero-order chi connectivity index (χ0) is 11.0. The number of ketones is 1. The number of hydrogen-bond acceptors (Lipinski definition) is 4. The van der Waals surface area contributed by atoms with Crippen LogP contribution >= 0.6 is 7.75 Å². The number of carbonyl (C=O) groups is 1.